The number of carbonyl (C=O) groups is 1. The molecule has 0 fully saturated rings. The zero-order valence-electron chi connectivity index (χ0n) is 18.1. The summed E-state index contributed by atoms with van der Waals surface area (Å²) in [6, 6.07) is 12.8. The standard InChI is InChI=1S/C25H24FN3O3/c1-25(2)11-18-23(20(31)12-25)22(14-7-8-19(30)21(9-14)32-3)17(13-27)24(28)29(18)16-6-4-5-15(26)10-16/h4-10,22,30H,11-12,28H2,1-3H3. The maximum absolute atomic E-state index is 14.1. The van der Waals surface area contributed by atoms with E-state index in [9.17, 15) is 19.6 Å². The Morgan fingerprint density at radius 1 is 1.25 bits per heavy atom. The fraction of sp³-hybridized carbons (Fsp3) is 0.280. The second kappa shape index (κ2) is 7.72. The van der Waals surface area contributed by atoms with Crippen LogP contribution in [0.2, 0.25) is 0 Å². The zero-order valence-corrected chi connectivity index (χ0v) is 18.1. The maximum atomic E-state index is 14.1. The Hall–Kier alpha value is -3.79. The van der Waals surface area contributed by atoms with Crippen molar-refractivity contribution < 1.29 is 19.0 Å². The van der Waals surface area contributed by atoms with Gasteiger partial charge in [0.05, 0.1) is 30.4 Å². The first kappa shape index (κ1) is 21.4. The van der Waals surface area contributed by atoms with Gasteiger partial charge in [0.2, 0.25) is 0 Å². The number of allylic oxidation sites excluding steroid dienone is 3. The Morgan fingerprint density at radius 2 is 2.00 bits per heavy atom. The third-order valence-corrected chi connectivity index (χ3v) is 5.98. The Balaban J connectivity index is 2.01. The number of nitrogens with two attached hydrogens (primary N) is 1. The van der Waals surface area contributed by atoms with Crippen LogP contribution >= 0.6 is 0 Å². The third kappa shape index (κ3) is 3.48. The molecule has 3 N–H and O–H groups in total. The van der Waals surface area contributed by atoms with Crippen molar-refractivity contribution in [1.82, 2.24) is 0 Å². The van der Waals surface area contributed by atoms with Gasteiger partial charge in [-0.3, -0.25) is 9.69 Å². The first-order valence-electron chi connectivity index (χ1n) is 10.3. The number of hydrogen-bond acceptors (Lipinski definition) is 6. The molecule has 1 unspecified atom stereocenters. The lowest BCUT2D eigenvalue weighted by atomic mass is 9.68. The van der Waals surface area contributed by atoms with Crippen molar-refractivity contribution in [3.8, 4) is 17.6 Å². The molecule has 1 aliphatic carbocycles. The summed E-state index contributed by atoms with van der Waals surface area (Å²) in [6.45, 7) is 3.99. The Kier molecular flexibility index (Phi) is 5.17. The minimum Gasteiger partial charge on any atom is -0.504 e. The average molecular weight is 433 g/mol. The highest BCUT2D eigenvalue weighted by molar-refractivity contribution is 6.01. The number of aromatic hydroxyl groups is 1. The van der Waals surface area contributed by atoms with E-state index in [4.69, 9.17) is 10.5 Å². The number of rotatable bonds is 3. The largest absolute Gasteiger partial charge is 0.504 e. The number of anilines is 1. The number of ketones is 1. The molecule has 0 saturated carbocycles. The monoisotopic (exact) mass is 433 g/mol. The first-order chi connectivity index (χ1) is 15.2. The fourth-order valence-electron chi connectivity index (χ4n) is 4.63. The van der Waals surface area contributed by atoms with E-state index in [1.807, 2.05) is 13.8 Å². The molecule has 32 heavy (non-hydrogen) atoms. The number of methoxy groups -OCH3 is 1. The van der Waals surface area contributed by atoms with Gasteiger partial charge in [-0.25, -0.2) is 4.39 Å². The van der Waals surface area contributed by atoms with Gasteiger partial charge in [0.15, 0.2) is 17.3 Å². The molecular formula is C25H24FN3O3. The van der Waals surface area contributed by atoms with Gasteiger partial charge in [-0.05, 0) is 47.7 Å². The molecule has 1 atom stereocenters. The number of nitrogens with zero attached hydrogens (tertiary/aromatic N) is 2. The summed E-state index contributed by atoms with van der Waals surface area (Å²) in [4.78, 5) is 15.1. The second-order valence-electron chi connectivity index (χ2n) is 8.89. The molecule has 1 heterocycles. The predicted octanol–water partition coefficient (Wildman–Crippen LogP) is 4.48. The zero-order chi connectivity index (χ0) is 23.2. The molecule has 2 aliphatic rings. The number of phenols is 1. The van der Waals surface area contributed by atoms with E-state index < -0.39 is 11.7 Å². The molecule has 0 aromatic heterocycles. The summed E-state index contributed by atoms with van der Waals surface area (Å²) in [6.07, 6.45) is 0.836. The van der Waals surface area contributed by atoms with Crippen molar-refractivity contribution in [3.63, 3.8) is 0 Å². The lowest BCUT2D eigenvalue weighted by Crippen LogP contribution is -2.42. The highest BCUT2D eigenvalue weighted by Gasteiger charge is 2.44. The number of Topliss-reactive ketones (excluding diaryl/α,β-unsaturated/α-hetero) is 1. The topological polar surface area (TPSA) is 99.6 Å². The van der Waals surface area contributed by atoms with Crippen LogP contribution in [0, 0.1) is 22.6 Å². The summed E-state index contributed by atoms with van der Waals surface area (Å²) in [5.74, 6) is -0.902. The minimum absolute atomic E-state index is 0.0470. The molecule has 2 aromatic rings. The van der Waals surface area contributed by atoms with Crippen LogP contribution < -0.4 is 15.4 Å². The van der Waals surface area contributed by atoms with Gasteiger partial charge >= 0.3 is 0 Å². The van der Waals surface area contributed by atoms with Crippen LogP contribution in [0.1, 0.15) is 38.2 Å². The molecule has 0 amide bonds. The quantitative estimate of drug-likeness (QED) is 0.740. The number of phenolic OH excluding ortho intramolecular Hbond substituents is 1. The van der Waals surface area contributed by atoms with Crippen LogP contribution in [0.25, 0.3) is 0 Å². The van der Waals surface area contributed by atoms with Gasteiger partial charge < -0.3 is 15.6 Å². The van der Waals surface area contributed by atoms with Crippen LogP contribution in [0.3, 0.4) is 0 Å². The Morgan fingerprint density at radius 3 is 2.66 bits per heavy atom. The van der Waals surface area contributed by atoms with Crippen LogP contribution in [0.15, 0.2) is 65.1 Å². The average Bonchev–Trinajstić information content (AvgIpc) is 2.72. The van der Waals surface area contributed by atoms with Gasteiger partial charge in [0, 0.05) is 17.7 Å². The molecular weight excluding hydrogens is 409 g/mol. The SMILES string of the molecule is COc1cc(C2C(C#N)=C(N)N(c3cccc(F)c3)C3=C2C(=O)CC(C)(C)C3)ccc1O. The number of carbonyl (C=O) groups excluding carboxylic acids is 1. The van der Waals surface area contributed by atoms with E-state index in [0.29, 0.717) is 35.4 Å². The van der Waals surface area contributed by atoms with Crippen molar-refractivity contribution in [1.29, 1.82) is 5.26 Å². The Labute approximate surface area is 186 Å². The van der Waals surface area contributed by atoms with Gasteiger partial charge in [-0.15, -0.1) is 0 Å². The third-order valence-electron chi connectivity index (χ3n) is 5.98. The smallest absolute Gasteiger partial charge is 0.162 e. The number of ether oxygens (including phenoxy) is 1. The number of hydrogen-bond donors (Lipinski definition) is 2. The maximum Gasteiger partial charge on any atom is 0.162 e. The lowest BCUT2D eigenvalue weighted by molar-refractivity contribution is -0.118. The van der Waals surface area contributed by atoms with Crippen molar-refractivity contribution in [3.05, 3.63) is 76.5 Å². The second-order valence-corrected chi connectivity index (χ2v) is 8.89. The highest BCUT2D eigenvalue weighted by atomic mass is 19.1. The number of benzene rings is 2. The van der Waals surface area contributed by atoms with Gasteiger partial charge in [-0.1, -0.05) is 26.0 Å². The lowest BCUT2D eigenvalue weighted by Gasteiger charge is -2.43. The van der Waals surface area contributed by atoms with E-state index >= 15 is 0 Å². The molecule has 7 heteroatoms. The molecule has 0 spiro atoms. The summed E-state index contributed by atoms with van der Waals surface area (Å²) >= 11 is 0. The molecule has 4 rings (SSSR count). The van der Waals surface area contributed by atoms with E-state index in [-0.39, 0.29) is 34.1 Å². The molecule has 164 valence electrons. The minimum atomic E-state index is -0.710. The Bertz CT molecular complexity index is 1220. The van der Waals surface area contributed by atoms with Gasteiger partial charge in [0.25, 0.3) is 0 Å². The van der Waals surface area contributed by atoms with E-state index in [1.165, 1.54) is 25.3 Å². The molecule has 6 nitrogen and oxygen atoms in total. The van der Waals surface area contributed by atoms with Crippen molar-refractivity contribution >= 4 is 11.5 Å². The first-order valence-corrected chi connectivity index (χ1v) is 10.3. The normalized spacial score (nSPS) is 20.2. The molecule has 0 bridgehead atoms. The van der Waals surface area contributed by atoms with Crippen LogP contribution in [-0.2, 0) is 4.79 Å². The van der Waals surface area contributed by atoms with Crippen molar-refractivity contribution in [2.24, 2.45) is 11.1 Å². The molecule has 2 aromatic carbocycles. The van der Waals surface area contributed by atoms with Gasteiger partial charge in [-0.2, -0.15) is 5.26 Å². The van der Waals surface area contributed by atoms with E-state index in [0.717, 1.165) is 0 Å². The highest BCUT2D eigenvalue weighted by Crippen LogP contribution is 2.50. The predicted molar refractivity (Wildman–Crippen MR) is 118 cm³/mol. The molecule has 0 radical (unpaired) electrons. The van der Waals surface area contributed by atoms with Gasteiger partial charge in [0.1, 0.15) is 11.6 Å². The van der Waals surface area contributed by atoms with Crippen molar-refractivity contribution in [2.75, 3.05) is 12.0 Å². The summed E-state index contributed by atoms with van der Waals surface area (Å²) in [5.41, 5.74) is 8.56. The van der Waals surface area contributed by atoms with Crippen LogP contribution in [-0.4, -0.2) is 18.0 Å². The van der Waals surface area contributed by atoms with Crippen LogP contribution in [0.4, 0.5) is 10.1 Å². The molecule has 1 aliphatic heterocycles. The van der Waals surface area contributed by atoms with E-state index in [1.54, 1.807) is 29.2 Å². The van der Waals surface area contributed by atoms with E-state index in [2.05, 4.69) is 6.07 Å². The fourth-order valence-corrected chi connectivity index (χ4v) is 4.63. The van der Waals surface area contributed by atoms with Crippen LogP contribution in [0.5, 0.6) is 11.5 Å². The molecule has 0 saturated heterocycles. The summed E-state index contributed by atoms with van der Waals surface area (Å²) in [5, 5.41) is 20.1. The number of nitriles is 1. The van der Waals surface area contributed by atoms with Crippen molar-refractivity contribution in [2.45, 2.75) is 32.6 Å². The summed E-state index contributed by atoms with van der Waals surface area (Å²) in [7, 11) is 1.43. The summed E-state index contributed by atoms with van der Waals surface area (Å²) < 4.78 is 19.3. The number of halogens is 1.